The summed E-state index contributed by atoms with van der Waals surface area (Å²) < 4.78 is 0. The largest absolute Gasteiger partial charge is 0.353 e. The predicted molar refractivity (Wildman–Crippen MR) is 90.8 cm³/mol. The summed E-state index contributed by atoms with van der Waals surface area (Å²) in [4.78, 5) is 28.0. The molecule has 2 amide bonds. The van der Waals surface area contributed by atoms with Crippen LogP contribution in [0.4, 0.5) is 0 Å². The average Bonchev–Trinajstić information content (AvgIpc) is 3.02. The van der Waals surface area contributed by atoms with Gasteiger partial charge in [0.15, 0.2) is 0 Å². The van der Waals surface area contributed by atoms with Crippen molar-refractivity contribution in [3.05, 3.63) is 0 Å². The van der Waals surface area contributed by atoms with Crippen LogP contribution in [0.2, 0.25) is 0 Å². The Morgan fingerprint density at radius 2 is 1.87 bits per heavy atom. The molecule has 2 aliphatic rings. The maximum atomic E-state index is 12.4. The van der Waals surface area contributed by atoms with Crippen molar-refractivity contribution < 1.29 is 9.59 Å². The van der Waals surface area contributed by atoms with E-state index >= 15 is 0 Å². The lowest BCUT2D eigenvalue weighted by molar-refractivity contribution is -0.129. The minimum atomic E-state index is 0.121. The van der Waals surface area contributed by atoms with E-state index in [1.807, 2.05) is 0 Å². The first-order chi connectivity index (χ1) is 11.0. The molecule has 0 unspecified atom stereocenters. The molecule has 23 heavy (non-hydrogen) atoms. The molecule has 2 fully saturated rings. The number of carbonyl (C=O) groups excluding carboxylic acids is 2. The van der Waals surface area contributed by atoms with Gasteiger partial charge in [0.2, 0.25) is 11.8 Å². The summed E-state index contributed by atoms with van der Waals surface area (Å²) in [5, 5.41) is 3.23. The number of hydrogen-bond acceptors (Lipinski definition) is 4. The van der Waals surface area contributed by atoms with Gasteiger partial charge in [-0.25, -0.2) is 0 Å². The van der Waals surface area contributed by atoms with Crippen LogP contribution in [0.15, 0.2) is 0 Å². The summed E-state index contributed by atoms with van der Waals surface area (Å²) in [7, 11) is 3.59. The van der Waals surface area contributed by atoms with Crippen molar-refractivity contribution in [3.63, 3.8) is 0 Å². The molecule has 1 saturated carbocycles. The normalized spacial score (nSPS) is 26.2. The standard InChI is InChI=1S/C17H32N4O2/c1-20(2)16(22)8-11-21-9-6-14(7-10-21)19-17(23)15-5-3-4-13(15)12-18/h13-15H,3-12,18H2,1-2H3,(H,19,23)/t13-,15-/m1/s1. The quantitative estimate of drug-likeness (QED) is 0.742. The SMILES string of the molecule is CN(C)C(=O)CCN1CCC(NC(=O)[C@@H]2CCC[C@@H]2CN)CC1. The van der Waals surface area contributed by atoms with Crippen LogP contribution >= 0.6 is 0 Å². The van der Waals surface area contributed by atoms with Crippen LogP contribution in [0.1, 0.15) is 38.5 Å². The summed E-state index contributed by atoms with van der Waals surface area (Å²) in [6, 6.07) is 0.280. The third-order valence-electron chi connectivity index (χ3n) is 5.37. The van der Waals surface area contributed by atoms with Crippen molar-refractivity contribution in [1.82, 2.24) is 15.1 Å². The molecule has 3 N–H and O–H groups in total. The molecule has 0 spiro atoms. The lowest BCUT2D eigenvalue weighted by Gasteiger charge is -2.33. The Hall–Kier alpha value is -1.14. The van der Waals surface area contributed by atoms with Crippen LogP contribution in [0.5, 0.6) is 0 Å². The lowest BCUT2D eigenvalue weighted by Crippen LogP contribution is -2.47. The Morgan fingerprint density at radius 1 is 1.17 bits per heavy atom. The molecule has 0 aromatic carbocycles. The monoisotopic (exact) mass is 324 g/mol. The fourth-order valence-corrected chi connectivity index (χ4v) is 3.75. The predicted octanol–water partition coefficient (Wildman–Crippen LogP) is 0.420. The van der Waals surface area contributed by atoms with E-state index in [1.54, 1.807) is 19.0 Å². The summed E-state index contributed by atoms with van der Waals surface area (Å²) in [5.41, 5.74) is 5.77. The second-order valence-electron chi connectivity index (χ2n) is 7.20. The number of carbonyl (C=O) groups is 2. The van der Waals surface area contributed by atoms with Gasteiger partial charge in [-0.1, -0.05) is 6.42 Å². The van der Waals surface area contributed by atoms with Crippen LogP contribution < -0.4 is 11.1 Å². The lowest BCUT2D eigenvalue weighted by atomic mass is 9.94. The number of nitrogens with two attached hydrogens (primary N) is 1. The topological polar surface area (TPSA) is 78.7 Å². The fourth-order valence-electron chi connectivity index (χ4n) is 3.75. The fraction of sp³-hybridized carbons (Fsp3) is 0.882. The van der Waals surface area contributed by atoms with E-state index < -0.39 is 0 Å². The Bertz CT molecular complexity index is 405. The van der Waals surface area contributed by atoms with Gasteiger partial charge in [-0.05, 0) is 38.1 Å². The maximum absolute atomic E-state index is 12.4. The smallest absolute Gasteiger partial charge is 0.223 e. The summed E-state index contributed by atoms with van der Waals surface area (Å²) in [6.45, 7) is 3.35. The number of rotatable bonds is 6. The molecule has 0 radical (unpaired) electrons. The van der Waals surface area contributed by atoms with Crippen molar-refractivity contribution in [2.45, 2.75) is 44.6 Å². The van der Waals surface area contributed by atoms with Crippen molar-refractivity contribution in [3.8, 4) is 0 Å². The number of likely N-dealkylation sites (tertiary alicyclic amines) is 1. The molecule has 1 aliphatic carbocycles. The number of amides is 2. The average molecular weight is 324 g/mol. The zero-order valence-electron chi connectivity index (χ0n) is 14.6. The molecule has 0 aromatic heterocycles. The molecule has 2 rings (SSSR count). The van der Waals surface area contributed by atoms with Gasteiger partial charge in [-0.3, -0.25) is 9.59 Å². The van der Waals surface area contributed by atoms with Gasteiger partial charge in [0, 0.05) is 52.1 Å². The molecule has 1 saturated heterocycles. The molecule has 6 heteroatoms. The molecule has 6 nitrogen and oxygen atoms in total. The van der Waals surface area contributed by atoms with Gasteiger partial charge in [-0.15, -0.1) is 0 Å². The van der Waals surface area contributed by atoms with Gasteiger partial charge in [0.1, 0.15) is 0 Å². The minimum absolute atomic E-state index is 0.121. The second kappa shape index (κ2) is 8.64. The summed E-state index contributed by atoms with van der Waals surface area (Å²) >= 11 is 0. The van der Waals surface area contributed by atoms with Crippen molar-refractivity contribution in [2.24, 2.45) is 17.6 Å². The number of hydrogen-bond donors (Lipinski definition) is 2. The molecule has 2 atom stereocenters. The molecule has 1 heterocycles. The first-order valence-corrected chi connectivity index (χ1v) is 8.94. The van der Waals surface area contributed by atoms with Crippen molar-refractivity contribution in [2.75, 3.05) is 40.3 Å². The second-order valence-corrected chi connectivity index (χ2v) is 7.20. The van der Waals surface area contributed by atoms with E-state index in [0.717, 1.165) is 51.7 Å². The van der Waals surface area contributed by atoms with Gasteiger partial charge in [-0.2, -0.15) is 0 Å². The number of nitrogens with one attached hydrogen (secondary N) is 1. The van der Waals surface area contributed by atoms with Gasteiger partial charge in [0.05, 0.1) is 0 Å². The van der Waals surface area contributed by atoms with Gasteiger partial charge >= 0.3 is 0 Å². The van der Waals surface area contributed by atoms with Crippen LogP contribution in [-0.2, 0) is 9.59 Å². The highest BCUT2D eigenvalue weighted by Gasteiger charge is 2.33. The molecule has 1 aliphatic heterocycles. The van der Waals surface area contributed by atoms with Gasteiger partial charge in [0.25, 0.3) is 0 Å². The van der Waals surface area contributed by atoms with Crippen molar-refractivity contribution >= 4 is 11.8 Å². The van der Waals surface area contributed by atoms with E-state index in [1.165, 1.54) is 0 Å². The van der Waals surface area contributed by atoms with Crippen LogP contribution in [0.25, 0.3) is 0 Å². The van der Waals surface area contributed by atoms with E-state index in [2.05, 4.69) is 10.2 Å². The van der Waals surface area contributed by atoms with Gasteiger partial charge < -0.3 is 20.9 Å². The Balaban J connectivity index is 1.68. The van der Waals surface area contributed by atoms with E-state index in [0.29, 0.717) is 18.9 Å². The third kappa shape index (κ3) is 5.18. The van der Waals surface area contributed by atoms with Crippen LogP contribution in [0, 0.1) is 11.8 Å². The van der Waals surface area contributed by atoms with E-state index in [9.17, 15) is 9.59 Å². The number of piperidine rings is 1. The molecular formula is C17H32N4O2. The zero-order valence-corrected chi connectivity index (χ0v) is 14.6. The first kappa shape index (κ1) is 18.2. The Kier molecular flexibility index (Phi) is 6.84. The minimum Gasteiger partial charge on any atom is -0.353 e. The van der Waals surface area contributed by atoms with Crippen molar-refractivity contribution in [1.29, 1.82) is 0 Å². The Morgan fingerprint density at radius 3 is 2.48 bits per heavy atom. The molecular weight excluding hydrogens is 292 g/mol. The highest BCUT2D eigenvalue weighted by Crippen LogP contribution is 2.31. The summed E-state index contributed by atoms with van der Waals surface area (Å²) in [5.74, 6) is 0.872. The molecule has 132 valence electrons. The maximum Gasteiger partial charge on any atom is 0.223 e. The Labute approximate surface area is 139 Å². The highest BCUT2D eigenvalue weighted by atomic mass is 16.2. The summed E-state index contributed by atoms with van der Waals surface area (Å²) in [6.07, 6.45) is 5.72. The number of nitrogens with zero attached hydrogens (tertiary/aromatic N) is 2. The first-order valence-electron chi connectivity index (χ1n) is 8.94. The zero-order chi connectivity index (χ0) is 16.8. The van der Waals surface area contributed by atoms with Crippen LogP contribution in [0.3, 0.4) is 0 Å². The van der Waals surface area contributed by atoms with E-state index in [-0.39, 0.29) is 23.8 Å². The van der Waals surface area contributed by atoms with Crippen LogP contribution in [-0.4, -0.2) is 67.9 Å². The van der Waals surface area contributed by atoms with E-state index in [4.69, 9.17) is 5.73 Å². The third-order valence-corrected chi connectivity index (χ3v) is 5.37. The highest BCUT2D eigenvalue weighted by molar-refractivity contribution is 5.79. The molecule has 0 aromatic rings. The molecule has 0 bridgehead atoms.